The van der Waals surface area contributed by atoms with Crippen molar-refractivity contribution in [1.29, 1.82) is 0 Å². The first-order valence-electron chi connectivity index (χ1n) is 4.86. The molecule has 3 heteroatoms. The highest BCUT2D eigenvalue weighted by atomic mass is 14.9. The number of hydrogen-bond acceptors (Lipinski definition) is 3. The molecule has 0 amide bonds. The Kier molecular flexibility index (Phi) is 7.16. The summed E-state index contributed by atoms with van der Waals surface area (Å²) in [6, 6.07) is 0.442. The quantitative estimate of drug-likeness (QED) is 0.524. The van der Waals surface area contributed by atoms with Gasteiger partial charge in [0.15, 0.2) is 0 Å². The van der Waals surface area contributed by atoms with Gasteiger partial charge in [-0.25, -0.2) is 0 Å². The third-order valence-corrected chi connectivity index (χ3v) is 2.19. The Morgan fingerprint density at radius 2 is 1.93 bits per heavy atom. The minimum atomic E-state index is 0.139. The van der Waals surface area contributed by atoms with Crippen LogP contribution in [0.5, 0.6) is 0 Å². The van der Waals surface area contributed by atoms with Gasteiger partial charge in [-0.1, -0.05) is 6.08 Å². The van der Waals surface area contributed by atoms with Crippen molar-refractivity contribution in [3.05, 3.63) is 31.4 Å². The molecule has 0 aromatic rings. The molecule has 0 heterocycles. The van der Waals surface area contributed by atoms with E-state index < -0.39 is 0 Å². The summed E-state index contributed by atoms with van der Waals surface area (Å²) in [5, 5.41) is 9.39. The Morgan fingerprint density at radius 3 is 2.29 bits per heavy atom. The minimum absolute atomic E-state index is 0.139. The molecule has 0 spiro atoms. The summed E-state index contributed by atoms with van der Waals surface area (Å²) < 4.78 is 0. The highest BCUT2D eigenvalue weighted by Gasteiger charge is 2.04. The lowest BCUT2D eigenvalue weighted by Crippen LogP contribution is -2.27. The van der Waals surface area contributed by atoms with Crippen molar-refractivity contribution in [2.75, 3.05) is 21.1 Å². The van der Waals surface area contributed by atoms with E-state index in [9.17, 15) is 0 Å². The average molecular weight is 196 g/mol. The highest BCUT2D eigenvalue weighted by Crippen LogP contribution is 2.03. The number of hydrogen-bond donors (Lipinski definition) is 3. The van der Waals surface area contributed by atoms with Crippen LogP contribution in [0.3, 0.4) is 0 Å². The molecule has 3 N–H and O–H groups in total. The fourth-order valence-corrected chi connectivity index (χ4v) is 1.12. The second-order valence-electron chi connectivity index (χ2n) is 3.17. The summed E-state index contributed by atoms with van der Waals surface area (Å²) in [4.78, 5) is 0. The fraction of sp³-hybridized carbons (Fsp3) is 0.545. The molecule has 0 aromatic heterocycles. The zero-order chi connectivity index (χ0) is 11.0. The van der Waals surface area contributed by atoms with Crippen LogP contribution >= 0.6 is 0 Å². The molecule has 81 valence electrons. The molecule has 0 aliphatic rings. The molecule has 0 aliphatic carbocycles. The summed E-state index contributed by atoms with van der Waals surface area (Å²) in [5.74, 6) is 0. The number of likely N-dealkylation sites (N-methyl/N-ethyl adjacent to an activating group) is 2. The topological polar surface area (TPSA) is 36.1 Å². The highest BCUT2D eigenvalue weighted by molar-refractivity contribution is 5.09. The second-order valence-corrected chi connectivity index (χ2v) is 3.17. The third kappa shape index (κ3) is 5.04. The first-order chi connectivity index (χ1) is 6.67. The van der Waals surface area contributed by atoms with Crippen molar-refractivity contribution in [3.63, 3.8) is 0 Å². The van der Waals surface area contributed by atoms with Gasteiger partial charge in [0, 0.05) is 31.2 Å². The van der Waals surface area contributed by atoms with E-state index in [1.165, 1.54) is 5.70 Å². The molecule has 14 heavy (non-hydrogen) atoms. The van der Waals surface area contributed by atoms with E-state index in [-0.39, 0.29) is 6.04 Å². The van der Waals surface area contributed by atoms with Gasteiger partial charge in [0.1, 0.15) is 0 Å². The Morgan fingerprint density at radius 1 is 1.29 bits per heavy atom. The van der Waals surface area contributed by atoms with E-state index in [4.69, 9.17) is 0 Å². The molecule has 2 unspecified atom stereocenters. The van der Waals surface area contributed by atoms with Crippen LogP contribution in [0.2, 0.25) is 0 Å². The second kappa shape index (κ2) is 7.59. The largest absolute Gasteiger partial charge is 0.392 e. The molecule has 0 aromatic carbocycles. The van der Waals surface area contributed by atoms with E-state index in [1.807, 2.05) is 27.2 Å². The standard InChI is InChI=1S/C11H22N3/c1-6-10(13-4)8-11(14-5)7-9(2)12-3/h6-7,9-10,12-14H,1-2,8H2,3-5H3. The Labute approximate surface area is 87.7 Å². The van der Waals surface area contributed by atoms with Crippen molar-refractivity contribution < 1.29 is 0 Å². The zero-order valence-electron chi connectivity index (χ0n) is 9.43. The lowest BCUT2D eigenvalue weighted by atomic mass is 10.1. The molecule has 1 radical (unpaired) electrons. The monoisotopic (exact) mass is 196 g/mol. The van der Waals surface area contributed by atoms with Crippen molar-refractivity contribution >= 4 is 0 Å². The summed E-state index contributed by atoms with van der Waals surface area (Å²) in [6.07, 6.45) is 4.89. The predicted molar refractivity (Wildman–Crippen MR) is 63.0 cm³/mol. The molecule has 0 saturated carbocycles. The van der Waals surface area contributed by atoms with Gasteiger partial charge < -0.3 is 16.0 Å². The van der Waals surface area contributed by atoms with Gasteiger partial charge in [-0.3, -0.25) is 0 Å². The van der Waals surface area contributed by atoms with E-state index >= 15 is 0 Å². The lowest BCUT2D eigenvalue weighted by molar-refractivity contribution is 0.633. The molecule has 0 bridgehead atoms. The fourth-order valence-electron chi connectivity index (χ4n) is 1.12. The van der Waals surface area contributed by atoms with Gasteiger partial charge in [-0.15, -0.1) is 6.58 Å². The molecular formula is C11H22N3. The SMILES string of the molecule is [CH2]C(C=C(CC(C=C)NC)NC)NC. The Hall–Kier alpha value is -0.800. The van der Waals surface area contributed by atoms with Crippen LogP contribution in [0.15, 0.2) is 24.4 Å². The normalized spacial score (nSPS) is 16.1. The van der Waals surface area contributed by atoms with Crippen molar-refractivity contribution in [3.8, 4) is 0 Å². The molecular weight excluding hydrogens is 174 g/mol. The number of nitrogens with one attached hydrogen (secondary N) is 3. The Balaban J connectivity index is 4.26. The Bertz CT molecular complexity index is 187. The van der Waals surface area contributed by atoms with Gasteiger partial charge in [0.05, 0.1) is 0 Å². The third-order valence-electron chi connectivity index (χ3n) is 2.19. The van der Waals surface area contributed by atoms with Gasteiger partial charge in [-0.05, 0) is 27.1 Å². The first-order valence-corrected chi connectivity index (χ1v) is 4.86. The van der Waals surface area contributed by atoms with Crippen LogP contribution in [0.1, 0.15) is 6.42 Å². The molecule has 0 aliphatic heterocycles. The van der Waals surface area contributed by atoms with Crippen molar-refractivity contribution in [2.24, 2.45) is 0 Å². The van der Waals surface area contributed by atoms with E-state index in [0.29, 0.717) is 6.04 Å². The molecule has 0 saturated heterocycles. The maximum atomic E-state index is 3.93. The van der Waals surface area contributed by atoms with Crippen LogP contribution in [0, 0.1) is 6.92 Å². The molecule has 2 atom stereocenters. The number of rotatable bonds is 7. The van der Waals surface area contributed by atoms with E-state index in [0.717, 1.165) is 6.42 Å². The summed E-state index contributed by atoms with van der Waals surface area (Å²) in [6.45, 7) is 7.70. The van der Waals surface area contributed by atoms with Crippen LogP contribution in [0.25, 0.3) is 0 Å². The molecule has 3 nitrogen and oxygen atoms in total. The van der Waals surface area contributed by atoms with Crippen LogP contribution in [-0.2, 0) is 0 Å². The minimum Gasteiger partial charge on any atom is -0.392 e. The molecule has 0 rings (SSSR count). The van der Waals surface area contributed by atoms with E-state index in [1.54, 1.807) is 0 Å². The van der Waals surface area contributed by atoms with Crippen molar-refractivity contribution in [1.82, 2.24) is 16.0 Å². The van der Waals surface area contributed by atoms with Crippen LogP contribution in [0.4, 0.5) is 0 Å². The van der Waals surface area contributed by atoms with E-state index in [2.05, 4.69) is 35.5 Å². The molecule has 0 fully saturated rings. The van der Waals surface area contributed by atoms with Gasteiger partial charge in [0.2, 0.25) is 0 Å². The van der Waals surface area contributed by atoms with Gasteiger partial charge in [-0.2, -0.15) is 0 Å². The summed E-state index contributed by atoms with van der Waals surface area (Å²) >= 11 is 0. The summed E-state index contributed by atoms with van der Waals surface area (Å²) in [7, 11) is 5.74. The van der Waals surface area contributed by atoms with Gasteiger partial charge in [0.25, 0.3) is 0 Å². The van der Waals surface area contributed by atoms with Gasteiger partial charge >= 0.3 is 0 Å². The summed E-state index contributed by atoms with van der Waals surface area (Å²) in [5.41, 5.74) is 1.17. The average Bonchev–Trinajstić information content (AvgIpc) is 2.23. The smallest absolute Gasteiger partial charge is 0.0299 e. The maximum Gasteiger partial charge on any atom is 0.0299 e. The maximum absolute atomic E-state index is 3.93. The first kappa shape index (κ1) is 13.2. The van der Waals surface area contributed by atoms with Crippen LogP contribution in [-0.4, -0.2) is 33.2 Å². The lowest BCUT2D eigenvalue weighted by Gasteiger charge is -2.15. The zero-order valence-corrected chi connectivity index (χ0v) is 9.43. The predicted octanol–water partition coefficient (Wildman–Crippen LogP) is 0.676. The van der Waals surface area contributed by atoms with Crippen molar-refractivity contribution in [2.45, 2.75) is 18.5 Å². The van der Waals surface area contributed by atoms with Crippen LogP contribution < -0.4 is 16.0 Å².